The predicted molar refractivity (Wildman–Crippen MR) is 124 cm³/mol. The first kappa shape index (κ1) is 22.8. The van der Waals surface area contributed by atoms with Gasteiger partial charge in [-0.2, -0.15) is 0 Å². The van der Waals surface area contributed by atoms with Crippen LogP contribution in [0.5, 0.6) is 0 Å². The van der Waals surface area contributed by atoms with Gasteiger partial charge in [0.05, 0.1) is 22.7 Å². The molecule has 0 radical (unpaired) electrons. The minimum Gasteiger partial charge on any atom is -0.447 e. The molecule has 1 unspecified atom stereocenters. The van der Waals surface area contributed by atoms with Crippen molar-refractivity contribution in [3.05, 3.63) is 87.6 Å². The summed E-state index contributed by atoms with van der Waals surface area (Å²) >= 11 is 12.3. The van der Waals surface area contributed by atoms with Crippen molar-refractivity contribution in [3.63, 3.8) is 0 Å². The van der Waals surface area contributed by atoms with Crippen molar-refractivity contribution in [2.75, 3.05) is 13.2 Å². The number of hydrogen-bond donors (Lipinski definition) is 1. The molecule has 1 atom stereocenters. The number of benzene rings is 2. The van der Waals surface area contributed by atoms with Gasteiger partial charge in [-0.15, -0.1) is 0 Å². The van der Waals surface area contributed by atoms with E-state index in [-0.39, 0.29) is 17.7 Å². The number of ether oxygens (including phenoxy) is 1. The fourth-order valence-corrected chi connectivity index (χ4v) is 4.01. The van der Waals surface area contributed by atoms with Crippen LogP contribution in [0, 0.1) is 0 Å². The van der Waals surface area contributed by atoms with Crippen LogP contribution in [-0.2, 0) is 24.4 Å². The lowest BCUT2D eigenvalue weighted by molar-refractivity contribution is 0.0853. The van der Waals surface area contributed by atoms with E-state index in [9.17, 15) is 4.79 Å². The summed E-state index contributed by atoms with van der Waals surface area (Å²) in [7, 11) is 0. The van der Waals surface area contributed by atoms with Gasteiger partial charge in [0, 0.05) is 26.2 Å². The lowest BCUT2D eigenvalue weighted by Crippen LogP contribution is -2.32. The summed E-state index contributed by atoms with van der Waals surface area (Å²) in [4.78, 5) is 19.0. The zero-order valence-electron chi connectivity index (χ0n) is 17.6. The van der Waals surface area contributed by atoms with Crippen LogP contribution >= 0.6 is 23.2 Å². The number of rotatable bonds is 9. The summed E-state index contributed by atoms with van der Waals surface area (Å²) in [6, 6.07) is 15.8. The topological polar surface area (TPSA) is 67.6 Å². The van der Waals surface area contributed by atoms with E-state index in [0.717, 1.165) is 30.6 Å². The molecule has 8 heteroatoms. The number of carbonyl (C=O) groups is 1. The Labute approximate surface area is 197 Å². The first-order valence-corrected chi connectivity index (χ1v) is 11.4. The maximum absolute atomic E-state index is 12.4. The standard InChI is InChI=1S/C24H25Cl2N3O3/c25-20-9-8-18(11-21(20)26)14-29(13-17-5-2-1-3-6-17)15-23-28-22(16-32-23)24(30)27-12-19-7-4-10-31-19/h1-3,5-6,8-9,11,16,19H,4,7,10,12-15H2,(H,27,30). The van der Waals surface area contributed by atoms with Crippen LogP contribution in [0.1, 0.15) is 40.3 Å². The van der Waals surface area contributed by atoms with Gasteiger partial charge in [-0.25, -0.2) is 4.98 Å². The molecule has 0 saturated carbocycles. The molecule has 6 nitrogen and oxygen atoms in total. The summed E-state index contributed by atoms with van der Waals surface area (Å²) in [5, 5.41) is 3.91. The maximum Gasteiger partial charge on any atom is 0.273 e. The van der Waals surface area contributed by atoms with Gasteiger partial charge in [-0.3, -0.25) is 9.69 Å². The number of amides is 1. The second-order valence-electron chi connectivity index (χ2n) is 7.85. The number of aromatic nitrogens is 1. The lowest BCUT2D eigenvalue weighted by Gasteiger charge is -2.21. The Balaban J connectivity index is 1.42. The second-order valence-corrected chi connectivity index (χ2v) is 8.67. The molecule has 0 spiro atoms. The summed E-state index contributed by atoms with van der Waals surface area (Å²) in [5.41, 5.74) is 2.46. The summed E-state index contributed by atoms with van der Waals surface area (Å²) in [6.07, 6.45) is 3.48. The normalized spacial score (nSPS) is 15.9. The molecule has 1 fully saturated rings. The predicted octanol–water partition coefficient (Wildman–Crippen LogP) is 5.09. The molecule has 0 bridgehead atoms. The van der Waals surface area contributed by atoms with Gasteiger partial charge in [0.2, 0.25) is 5.89 Å². The highest BCUT2D eigenvalue weighted by Gasteiger charge is 2.19. The number of nitrogens with zero attached hydrogens (tertiary/aromatic N) is 2. The van der Waals surface area contributed by atoms with E-state index in [0.29, 0.717) is 42.1 Å². The van der Waals surface area contributed by atoms with Gasteiger partial charge in [0.25, 0.3) is 5.91 Å². The number of oxazole rings is 1. The van der Waals surface area contributed by atoms with Crippen LogP contribution in [0.25, 0.3) is 0 Å². The van der Waals surface area contributed by atoms with Crippen molar-refractivity contribution in [1.82, 2.24) is 15.2 Å². The van der Waals surface area contributed by atoms with E-state index in [1.807, 2.05) is 30.3 Å². The van der Waals surface area contributed by atoms with E-state index in [1.54, 1.807) is 6.07 Å². The van der Waals surface area contributed by atoms with Crippen LogP contribution in [0.4, 0.5) is 0 Å². The lowest BCUT2D eigenvalue weighted by atomic mass is 10.1. The quantitative estimate of drug-likeness (QED) is 0.468. The monoisotopic (exact) mass is 473 g/mol. The molecular weight excluding hydrogens is 449 g/mol. The largest absolute Gasteiger partial charge is 0.447 e. The Morgan fingerprint density at radius 1 is 1.06 bits per heavy atom. The highest BCUT2D eigenvalue weighted by molar-refractivity contribution is 6.42. The molecule has 4 rings (SSSR count). The Morgan fingerprint density at radius 2 is 1.88 bits per heavy atom. The van der Waals surface area contributed by atoms with Gasteiger partial charge >= 0.3 is 0 Å². The van der Waals surface area contributed by atoms with Gasteiger partial charge in [0.1, 0.15) is 6.26 Å². The van der Waals surface area contributed by atoms with Crippen molar-refractivity contribution in [1.29, 1.82) is 0 Å². The third-order valence-corrected chi connectivity index (χ3v) is 6.04. The summed E-state index contributed by atoms with van der Waals surface area (Å²) in [6.45, 7) is 2.98. The third kappa shape index (κ3) is 6.33. The molecule has 0 aliphatic carbocycles. The highest BCUT2D eigenvalue weighted by atomic mass is 35.5. The van der Waals surface area contributed by atoms with E-state index in [4.69, 9.17) is 32.4 Å². The van der Waals surface area contributed by atoms with E-state index >= 15 is 0 Å². The Hall–Kier alpha value is -2.38. The molecule has 1 aliphatic rings. The minimum absolute atomic E-state index is 0.0814. The summed E-state index contributed by atoms with van der Waals surface area (Å²) < 4.78 is 11.2. The Bertz CT molecular complexity index is 1040. The number of hydrogen-bond acceptors (Lipinski definition) is 5. The average Bonchev–Trinajstić information content (AvgIpc) is 3.48. The SMILES string of the molecule is O=C(NCC1CCCO1)c1coc(CN(Cc2ccccc2)Cc2ccc(Cl)c(Cl)c2)n1. The third-order valence-electron chi connectivity index (χ3n) is 5.30. The molecule has 168 valence electrons. The summed E-state index contributed by atoms with van der Waals surface area (Å²) in [5.74, 6) is 0.220. The van der Waals surface area contributed by atoms with Gasteiger partial charge < -0.3 is 14.5 Å². The minimum atomic E-state index is -0.255. The van der Waals surface area contributed by atoms with Crippen LogP contribution in [-0.4, -0.2) is 35.0 Å². The van der Waals surface area contributed by atoms with Crippen LogP contribution < -0.4 is 5.32 Å². The molecule has 1 aliphatic heterocycles. The molecule has 2 heterocycles. The molecule has 1 aromatic heterocycles. The molecule has 3 aromatic rings. The second kappa shape index (κ2) is 11.0. The van der Waals surface area contributed by atoms with Gasteiger partial charge in [-0.05, 0) is 36.1 Å². The van der Waals surface area contributed by atoms with Crippen molar-refractivity contribution >= 4 is 29.1 Å². The van der Waals surface area contributed by atoms with E-state index < -0.39 is 0 Å². The molecule has 1 N–H and O–H groups in total. The number of carbonyl (C=O) groups excluding carboxylic acids is 1. The Kier molecular flexibility index (Phi) is 7.81. The maximum atomic E-state index is 12.4. The molecule has 1 amide bonds. The molecular formula is C24H25Cl2N3O3. The average molecular weight is 474 g/mol. The zero-order chi connectivity index (χ0) is 22.3. The van der Waals surface area contributed by atoms with Gasteiger partial charge in [-0.1, -0.05) is 59.6 Å². The van der Waals surface area contributed by atoms with E-state index in [1.165, 1.54) is 6.26 Å². The molecule has 1 saturated heterocycles. The fourth-order valence-electron chi connectivity index (χ4n) is 3.69. The first-order chi connectivity index (χ1) is 15.6. The molecule has 32 heavy (non-hydrogen) atoms. The Morgan fingerprint density at radius 3 is 2.62 bits per heavy atom. The van der Waals surface area contributed by atoms with Crippen molar-refractivity contribution < 1.29 is 13.9 Å². The van der Waals surface area contributed by atoms with Crippen molar-refractivity contribution in [2.24, 2.45) is 0 Å². The zero-order valence-corrected chi connectivity index (χ0v) is 19.1. The van der Waals surface area contributed by atoms with Crippen LogP contribution in [0.3, 0.4) is 0 Å². The smallest absolute Gasteiger partial charge is 0.273 e. The molecule has 2 aromatic carbocycles. The number of nitrogens with one attached hydrogen (secondary N) is 1. The fraction of sp³-hybridized carbons (Fsp3) is 0.333. The van der Waals surface area contributed by atoms with Gasteiger partial charge in [0.15, 0.2) is 5.69 Å². The highest BCUT2D eigenvalue weighted by Crippen LogP contribution is 2.24. The number of halogens is 2. The van der Waals surface area contributed by atoms with Crippen LogP contribution in [0.15, 0.2) is 59.2 Å². The van der Waals surface area contributed by atoms with E-state index in [2.05, 4.69) is 27.3 Å². The van der Waals surface area contributed by atoms with Crippen LogP contribution in [0.2, 0.25) is 10.0 Å². The first-order valence-electron chi connectivity index (χ1n) is 10.6. The van der Waals surface area contributed by atoms with Crippen molar-refractivity contribution in [3.8, 4) is 0 Å². The van der Waals surface area contributed by atoms with Crippen molar-refractivity contribution in [2.45, 2.75) is 38.6 Å².